The summed E-state index contributed by atoms with van der Waals surface area (Å²) in [6, 6.07) is 0. The fraction of sp³-hybridized carbons (Fsp3) is 0.562. The van der Waals surface area contributed by atoms with Crippen LogP contribution < -0.4 is 0 Å². The Hall–Kier alpha value is -1.31. The lowest BCUT2D eigenvalue weighted by Crippen LogP contribution is -2.07. The van der Waals surface area contributed by atoms with E-state index in [0.29, 0.717) is 12.2 Å². The molecule has 0 amide bonds. The van der Waals surface area contributed by atoms with Crippen LogP contribution in [0.2, 0.25) is 0 Å². The highest BCUT2D eigenvalue weighted by atomic mass is 16.5. The molecule has 0 rings (SSSR count). The van der Waals surface area contributed by atoms with E-state index in [1.807, 2.05) is 19.9 Å². The summed E-state index contributed by atoms with van der Waals surface area (Å²) in [6.07, 6.45) is 6.27. The predicted molar refractivity (Wildman–Crippen MR) is 77.4 cm³/mol. The smallest absolute Gasteiger partial charge is 0.333 e. The first-order valence-electron chi connectivity index (χ1n) is 6.44. The van der Waals surface area contributed by atoms with E-state index in [9.17, 15) is 4.79 Å². The number of rotatable bonds is 6. The van der Waals surface area contributed by atoms with E-state index in [0.717, 1.165) is 18.4 Å². The second-order valence-corrected chi connectivity index (χ2v) is 5.09. The lowest BCUT2D eigenvalue weighted by Gasteiger charge is -2.04. The Morgan fingerprint density at radius 1 is 1.00 bits per heavy atom. The van der Waals surface area contributed by atoms with Gasteiger partial charge in [0.1, 0.15) is 6.61 Å². The molecule has 0 aromatic heterocycles. The van der Waals surface area contributed by atoms with E-state index in [1.54, 1.807) is 6.92 Å². The maximum atomic E-state index is 11.6. The number of esters is 1. The molecule has 0 aromatic carbocycles. The molecule has 0 aromatic rings. The largest absolute Gasteiger partial charge is 0.458 e. The Kier molecular flexibility index (Phi) is 8.10. The normalized spacial score (nSPS) is 10.9. The molecule has 0 radical (unpaired) electrons. The molecule has 0 bridgehead atoms. The van der Waals surface area contributed by atoms with Crippen LogP contribution in [0.15, 0.2) is 34.4 Å². The number of carbonyl (C=O) groups is 1. The quantitative estimate of drug-likeness (QED) is 0.392. The fourth-order valence-corrected chi connectivity index (χ4v) is 1.26. The lowest BCUT2D eigenvalue weighted by molar-refractivity contribution is -0.137. The van der Waals surface area contributed by atoms with Crippen molar-refractivity contribution in [3.05, 3.63) is 34.4 Å². The van der Waals surface area contributed by atoms with Gasteiger partial charge < -0.3 is 4.74 Å². The molecular formula is C16H26O2. The molecule has 18 heavy (non-hydrogen) atoms. The highest BCUT2D eigenvalue weighted by Crippen LogP contribution is 2.08. The van der Waals surface area contributed by atoms with E-state index in [2.05, 4.69) is 26.8 Å². The van der Waals surface area contributed by atoms with Crippen molar-refractivity contribution in [2.45, 2.75) is 54.4 Å². The summed E-state index contributed by atoms with van der Waals surface area (Å²) < 4.78 is 5.17. The maximum absolute atomic E-state index is 11.6. The summed E-state index contributed by atoms with van der Waals surface area (Å²) in [4.78, 5) is 11.6. The van der Waals surface area contributed by atoms with Crippen LogP contribution in [0.25, 0.3) is 0 Å². The summed E-state index contributed by atoms with van der Waals surface area (Å²) in [7, 11) is 0. The van der Waals surface area contributed by atoms with Crippen LogP contribution in [0.1, 0.15) is 54.4 Å². The molecule has 0 N–H and O–H groups in total. The van der Waals surface area contributed by atoms with Crippen LogP contribution in [-0.4, -0.2) is 12.6 Å². The van der Waals surface area contributed by atoms with E-state index in [-0.39, 0.29) is 5.97 Å². The minimum absolute atomic E-state index is 0.219. The first kappa shape index (κ1) is 16.7. The van der Waals surface area contributed by atoms with Gasteiger partial charge in [-0.15, -0.1) is 0 Å². The maximum Gasteiger partial charge on any atom is 0.333 e. The van der Waals surface area contributed by atoms with Gasteiger partial charge in [-0.05, 0) is 60.5 Å². The van der Waals surface area contributed by atoms with E-state index < -0.39 is 0 Å². The van der Waals surface area contributed by atoms with Crippen molar-refractivity contribution in [3.63, 3.8) is 0 Å². The molecule has 102 valence electrons. The molecule has 2 nitrogen and oxygen atoms in total. The van der Waals surface area contributed by atoms with Gasteiger partial charge in [0.2, 0.25) is 0 Å². The molecule has 2 heteroatoms. The van der Waals surface area contributed by atoms with Gasteiger partial charge in [0.25, 0.3) is 0 Å². The molecule has 0 saturated carbocycles. The van der Waals surface area contributed by atoms with Crippen molar-refractivity contribution in [2.24, 2.45) is 0 Å². The Labute approximate surface area is 111 Å². The van der Waals surface area contributed by atoms with E-state index in [1.165, 1.54) is 11.1 Å². The first-order valence-corrected chi connectivity index (χ1v) is 6.44. The third-order valence-corrected chi connectivity index (χ3v) is 2.79. The van der Waals surface area contributed by atoms with Crippen molar-refractivity contribution in [2.75, 3.05) is 6.61 Å². The van der Waals surface area contributed by atoms with Crippen molar-refractivity contribution >= 4 is 5.97 Å². The zero-order chi connectivity index (χ0) is 14.1. The van der Waals surface area contributed by atoms with E-state index in [4.69, 9.17) is 4.74 Å². The minimum Gasteiger partial charge on any atom is -0.458 e. The fourth-order valence-electron chi connectivity index (χ4n) is 1.26. The molecule has 0 fully saturated rings. The van der Waals surface area contributed by atoms with Gasteiger partial charge in [-0.25, -0.2) is 4.79 Å². The van der Waals surface area contributed by atoms with Crippen LogP contribution in [0.3, 0.4) is 0 Å². The molecule has 0 atom stereocenters. The molecule has 0 aliphatic carbocycles. The molecule has 0 aliphatic rings. The van der Waals surface area contributed by atoms with Crippen LogP contribution in [0.5, 0.6) is 0 Å². The SMILES string of the molecule is CC(C)=CCCC(C)=CCOC(=O)C(C)=C(C)C. The van der Waals surface area contributed by atoms with Crippen molar-refractivity contribution in [1.82, 2.24) is 0 Å². The molecular weight excluding hydrogens is 224 g/mol. The Morgan fingerprint density at radius 2 is 1.61 bits per heavy atom. The van der Waals surface area contributed by atoms with Crippen molar-refractivity contribution < 1.29 is 9.53 Å². The van der Waals surface area contributed by atoms with Crippen LogP contribution >= 0.6 is 0 Å². The molecule has 0 aliphatic heterocycles. The predicted octanol–water partition coefficient (Wildman–Crippen LogP) is 4.58. The summed E-state index contributed by atoms with van der Waals surface area (Å²) in [5.41, 5.74) is 4.30. The van der Waals surface area contributed by atoms with Crippen molar-refractivity contribution in [1.29, 1.82) is 0 Å². The Bertz CT molecular complexity index is 363. The average molecular weight is 250 g/mol. The van der Waals surface area contributed by atoms with Gasteiger partial charge in [0, 0.05) is 5.57 Å². The summed E-state index contributed by atoms with van der Waals surface area (Å²) in [6.45, 7) is 12.3. The molecule has 0 unspecified atom stereocenters. The lowest BCUT2D eigenvalue weighted by atomic mass is 10.1. The number of allylic oxidation sites excluding steroid dienone is 4. The summed E-state index contributed by atoms with van der Waals surface area (Å²) in [5.74, 6) is -0.219. The second-order valence-electron chi connectivity index (χ2n) is 5.09. The second kappa shape index (κ2) is 8.73. The molecule has 0 saturated heterocycles. The van der Waals surface area contributed by atoms with Gasteiger partial charge >= 0.3 is 5.97 Å². The molecule has 0 heterocycles. The van der Waals surface area contributed by atoms with Gasteiger partial charge in [-0.3, -0.25) is 0 Å². The third kappa shape index (κ3) is 7.88. The van der Waals surface area contributed by atoms with Gasteiger partial charge in [-0.1, -0.05) is 22.8 Å². The number of hydrogen-bond acceptors (Lipinski definition) is 2. The van der Waals surface area contributed by atoms with Crippen LogP contribution in [0, 0.1) is 0 Å². The first-order chi connectivity index (χ1) is 8.34. The van der Waals surface area contributed by atoms with Gasteiger partial charge in [0.05, 0.1) is 0 Å². The monoisotopic (exact) mass is 250 g/mol. The van der Waals surface area contributed by atoms with E-state index >= 15 is 0 Å². The summed E-state index contributed by atoms with van der Waals surface area (Å²) in [5, 5.41) is 0. The standard InChI is InChI=1S/C16H26O2/c1-12(2)8-7-9-14(5)10-11-18-16(17)15(6)13(3)4/h8,10H,7,9,11H2,1-6H3. The van der Waals surface area contributed by atoms with Gasteiger partial charge in [-0.2, -0.15) is 0 Å². The highest BCUT2D eigenvalue weighted by Gasteiger charge is 2.05. The topological polar surface area (TPSA) is 26.3 Å². The van der Waals surface area contributed by atoms with Gasteiger partial charge in [0.15, 0.2) is 0 Å². The van der Waals surface area contributed by atoms with Crippen LogP contribution in [-0.2, 0) is 9.53 Å². The minimum atomic E-state index is -0.219. The third-order valence-electron chi connectivity index (χ3n) is 2.79. The van der Waals surface area contributed by atoms with Crippen LogP contribution in [0.4, 0.5) is 0 Å². The number of ether oxygens (including phenoxy) is 1. The Morgan fingerprint density at radius 3 is 2.11 bits per heavy atom. The highest BCUT2D eigenvalue weighted by molar-refractivity contribution is 5.88. The average Bonchev–Trinajstić information content (AvgIpc) is 2.27. The number of carbonyl (C=O) groups excluding carboxylic acids is 1. The number of hydrogen-bond donors (Lipinski definition) is 0. The summed E-state index contributed by atoms with van der Waals surface area (Å²) >= 11 is 0. The zero-order valence-electron chi connectivity index (χ0n) is 12.6. The van der Waals surface area contributed by atoms with Crippen molar-refractivity contribution in [3.8, 4) is 0 Å². The molecule has 0 spiro atoms. The Balaban J connectivity index is 4.06. The zero-order valence-corrected chi connectivity index (χ0v) is 12.6.